The van der Waals surface area contributed by atoms with Crippen LogP contribution < -0.4 is 15.6 Å². The maximum absolute atomic E-state index is 11.6. The van der Waals surface area contributed by atoms with Crippen LogP contribution in [0.1, 0.15) is 16.7 Å². The Morgan fingerprint density at radius 3 is 1.12 bits per heavy atom. The number of hydrogen-bond donors (Lipinski definition) is 1. The summed E-state index contributed by atoms with van der Waals surface area (Å²) in [5.74, 6) is 0. The fraction of sp³-hybridized carbons (Fsp3) is 0.0690. The second kappa shape index (κ2) is 13.2. The summed E-state index contributed by atoms with van der Waals surface area (Å²) >= 11 is 1.89. The van der Waals surface area contributed by atoms with Crippen LogP contribution in [0.15, 0.2) is 109 Å². The summed E-state index contributed by atoms with van der Waals surface area (Å²) < 4.78 is 3.17. The molecule has 0 saturated heterocycles. The SMILES string of the molecule is Cc1cccc(C)c1[C]#[Mo].O[Si](c1ccccc1)(c1ccccc1)c1ccccc1.[CH3-].[CH3-]. The van der Waals surface area contributed by atoms with Gasteiger partial charge in [-0.05, 0) is 15.6 Å². The molecule has 1 N–H and O–H groups in total. The monoisotopic (exact) mass is 521 g/mol. The van der Waals surface area contributed by atoms with Crippen LogP contribution in [0.4, 0.5) is 0 Å². The predicted molar refractivity (Wildman–Crippen MR) is 138 cm³/mol. The van der Waals surface area contributed by atoms with Gasteiger partial charge in [-0.15, -0.1) is 0 Å². The van der Waals surface area contributed by atoms with Crippen molar-refractivity contribution in [2.75, 3.05) is 0 Å². The van der Waals surface area contributed by atoms with Gasteiger partial charge in [0.2, 0.25) is 0 Å². The predicted octanol–water partition coefficient (Wildman–Crippen LogP) is 4.70. The van der Waals surface area contributed by atoms with Crippen LogP contribution in [0.5, 0.6) is 0 Å². The van der Waals surface area contributed by atoms with E-state index in [0.29, 0.717) is 0 Å². The first kappa shape index (κ1) is 27.6. The van der Waals surface area contributed by atoms with E-state index in [-0.39, 0.29) is 14.9 Å². The molecule has 0 aromatic heterocycles. The summed E-state index contributed by atoms with van der Waals surface area (Å²) in [6.07, 6.45) is 0. The molecule has 0 aliphatic rings. The van der Waals surface area contributed by atoms with Crippen molar-refractivity contribution in [1.29, 1.82) is 0 Å². The van der Waals surface area contributed by atoms with E-state index < -0.39 is 8.32 Å². The van der Waals surface area contributed by atoms with Crippen LogP contribution >= 0.6 is 0 Å². The van der Waals surface area contributed by atoms with Crippen LogP contribution in [0.25, 0.3) is 0 Å². The summed E-state index contributed by atoms with van der Waals surface area (Å²) in [4.78, 5) is 11.6. The van der Waals surface area contributed by atoms with E-state index in [1.54, 1.807) is 0 Å². The van der Waals surface area contributed by atoms with Gasteiger partial charge in [0, 0.05) is 0 Å². The molecule has 0 saturated carbocycles. The quantitative estimate of drug-likeness (QED) is 0.236. The second-order valence-electron chi connectivity index (χ2n) is 7.18. The van der Waals surface area contributed by atoms with Crippen molar-refractivity contribution >= 4 is 23.9 Å². The molecule has 0 atom stereocenters. The zero-order valence-corrected chi connectivity index (χ0v) is 22.3. The Hall–Kier alpha value is -2.47. The molecule has 0 aliphatic heterocycles. The molecule has 4 aromatic rings. The Balaban J connectivity index is 0.000000366. The van der Waals surface area contributed by atoms with Gasteiger partial charge in [0.05, 0.1) is 0 Å². The Kier molecular flexibility index (Phi) is 11.3. The molecule has 4 aromatic carbocycles. The van der Waals surface area contributed by atoms with Crippen LogP contribution in [-0.2, 0) is 19.2 Å². The molecule has 0 heterocycles. The van der Waals surface area contributed by atoms with Gasteiger partial charge < -0.3 is 19.6 Å². The van der Waals surface area contributed by atoms with Crippen molar-refractivity contribution in [2.24, 2.45) is 0 Å². The van der Waals surface area contributed by atoms with E-state index in [9.17, 15) is 4.80 Å². The topological polar surface area (TPSA) is 20.2 Å². The summed E-state index contributed by atoms with van der Waals surface area (Å²) in [5.41, 5.74) is 3.88. The first-order valence-corrected chi connectivity index (χ1v) is 12.9. The second-order valence-corrected chi connectivity index (χ2v) is 10.8. The third kappa shape index (κ3) is 6.28. The molecule has 0 amide bonds. The Labute approximate surface area is 205 Å². The fourth-order valence-electron chi connectivity index (χ4n) is 3.51. The van der Waals surface area contributed by atoms with Crippen molar-refractivity contribution in [3.8, 4) is 4.20 Å². The van der Waals surface area contributed by atoms with Gasteiger partial charge in [-0.1, -0.05) is 91.0 Å². The van der Waals surface area contributed by atoms with E-state index in [1.165, 1.54) is 16.7 Å². The maximum Gasteiger partial charge on any atom is 0.285 e. The standard InChI is InChI=1S/C18H16OSi.C9H9.2CH3.Mo/c19-20(16-10-4-1-5-11-16,17-12-6-2-7-13-17)18-14-8-3-9-15-18;1-7-5-4-6-8(2)9(7)3;;;/h1-15,19H;4-6H,1-2H3;2*1H3;/q;;2*-1;. The molecule has 1 nitrogen and oxygen atoms in total. The third-order valence-electron chi connectivity index (χ3n) is 5.16. The first-order valence-electron chi connectivity index (χ1n) is 9.90. The van der Waals surface area contributed by atoms with Crippen molar-refractivity contribution in [3.05, 3.63) is 141 Å². The Bertz CT molecular complexity index is 1000. The molecule has 0 spiro atoms. The normalized spacial score (nSPS) is 9.81. The van der Waals surface area contributed by atoms with Crippen molar-refractivity contribution in [1.82, 2.24) is 0 Å². The van der Waals surface area contributed by atoms with Gasteiger partial charge in [-0.2, -0.15) is 0 Å². The fourth-order valence-corrected chi connectivity index (χ4v) is 7.33. The van der Waals surface area contributed by atoms with Gasteiger partial charge in [-0.25, -0.2) is 0 Å². The maximum atomic E-state index is 11.6. The zero-order valence-electron chi connectivity index (χ0n) is 19.2. The molecular formula is C29H31MoOSi-2. The van der Waals surface area contributed by atoms with Gasteiger partial charge in [0.15, 0.2) is 0 Å². The van der Waals surface area contributed by atoms with Crippen LogP contribution in [0.2, 0.25) is 0 Å². The average Bonchev–Trinajstić information content (AvgIpc) is 2.81. The molecular weight excluding hydrogens is 488 g/mol. The summed E-state index contributed by atoms with van der Waals surface area (Å²) in [5, 5.41) is 3.03. The Morgan fingerprint density at radius 2 is 0.875 bits per heavy atom. The smallest absolute Gasteiger partial charge is 0.285 e. The van der Waals surface area contributed by atoms with Gasteiger partial charge >= 0.3 is 72.1 Å². The third-order valence-corrected chi connectivity index (χ3v) is 9.17. The van der Waals surface area contributed by atoms with Crippen molar-refractivity contribution < 1.29 is 23.9 Å². The number of aryl methyl sites for hydroxylation is 2. The number of rotatable bonds is 3. The minimum absolute atomic E-state index is 0. The van der Waals surface area contributed by atoms with E-state index in [0.717, 1.165) is 15.6 Å². The molecule has 0 radical (unpaired) electrons. The molecule has 32 heavy (non-hydrogen) atoms. The van der Waals surface area contributed by atoms with Gasteiger partial charge in [0.25, 0.3) is 8.32 Å². The van der Waals surface area contributed by atoms with E-state index >= 15 is 0 Å². The summed E-state index contributed by atoms with van der Waals surface area (Å²) in [6.45, 7) is 4.22. The van der Waals surface area contributed by atoms with Crippen LogP contribution in [-0.4, -0.2) is 13.1 Å². The molecule has 0 unspecified atom stereocenters. The van der Waals surface area contributed by atoms with Crippen LogP contribution in [0.3, 0.4) is 0 Å². The zero-order chi connectivity index (χ0) is 21.4. The minimum atomic E-state index is -2.88. The van der Waals surface area contributed by atoms with Crippen molar-refractivity contribution in [2.45, 2.75) is 13.8 Å². The molecule has 0 fully saturated rings. The average molecular weight is 520 g/mol. The number of benzene rings is 4. The molecule has 0 aliphatic carbocycles. The van der Waals surface area contributed by atoms with Crippen molar-refractivity contribution in [3.63, 3.8) is 0 Å². The van der Waals surface area contributed by atoms with Gasteiger partial charge in [0.1, 0.15) is 0 Å². The Morgan fingerprint density at radius 1 is 0.562 bits per heavy atom. The summed E-state index contributed by atoms with van der Waals surface area (Å²) in [6, 6.07) is 36.3. The molecule has 4 rings (SSSR count). The van der Waals surface area contributed by atoms with Crippen LogP contribution in [0, 0.1) is 32.9 Å². The number of hydrogen-bond acceptors (Lipinski definition) is 1. The van der Waals surface area contributed by atoms with E-state index in [2.05, 4.69) is 36.2 Å². The molecule has 0 bridgehead atoms. The van der Waals surface area contributed by atoms with E-state index in [4.69, 9.17) is 0 Å². The van der Waals surface area contributed by atoms with E-state index in [1.807, 2.05) is 110 Å². The largest absolute Gasteiger partial charge is 0.421 e. The first-order chi connectivity index (χ1) is 14.6. The van der Waals surface area contributed by atoms with Gasteiger partial charge in [-0.3, -0.25) is 0 Å². The summed E-state index contributed by atoms with van der Waals surface area (Å²) in [7, 11) is -2.88. The molecule has 165 valence electrons. The molecule has 3 heteroatoms. The minimum Gasteiger partial charge on any atom is -0.421 e.